The number of hydrogen-bond donors (Lipinski definition) is 2. The van der Waals surface area contributed by atoms with E-state index in [9.17, 15) is 4.39 Å². The average Bonchev–Trinajstić information content (AvgIpc) is 3.54. The molecule has 0 spiro atoms. The number of aryl methyl sites for hydroxylation is 1. The molecule has 0 saturated carbocycles. The van der Waals surface area contributed by atoms with Gasteiger partial charge in [0.25, 0.3) is 0 Å². The van der Waals surface area contributed by atoms with Gasteiger partial charge in [0, 0.05) is 65.5 Å². The van der Waals surface area contributed by atoms with Crippen LogP contribution in [0.5, 0.6) is 0 Å². The highest BCUT2D eigenvalue weighted by molar-refractivity contribution is 6.32. The number of rotatable bonds is 3. The van der Waals surface area contributed by atoms with E-state index in [1.807, 2.05) is 18.2 Å². The summed E-state index contributed by atoms with van der Waals surface area (Å²) in [6.07, 6.45) is 10.0. The fourth-order valence-corrected chi connectivity index (χ4v) is 8.86. The van der Waals surface area contributed by atoms with Crippen LogP contribution in [0, 0.1) is 11.7 Å². The van der Waals surface area contributed by atoms with Crippen molar-refractivity contribution >= 4 is 34.0 Å². The number of benzene rings is 2. The molecule has 3 aromatic rings. The molecule has 6 bridgehead atoms. The molecule has 0 aliphatic carbocycles. The molecule has 2 unspecified atom stereocenters. The standard InChI is InChI=1S/C36H45ClF2N6/c1-23-6-2-3-8-27-30(18-26(40)19-31(27)37)28-9-10-29-34(33(28)39)42-32(11-14-36-13-5-17-45(36)22-25(38)20-36)43-35(29)44-16-4-7-24(21-44)12-15-41-23/h9-10,18-19,24-25,41H,1-8,11-17,20-22,40H2/t24?,25?,36-/m1/s1. The average molecular weight is 635 g/mol. The number of alkyl halides is 1. The van der Waals surface area contributed by atoms with Crippen molar-refractivity contribution in [1.82, 2.24) is 20.2 Å². The molecular formula is C36H45ClF2N6. The third-order valence-corrected chi connectivity index (χ3v) is 11.2. The summed E-state index contributed by atoms with van der Waals surface area (Å²) in [5.74, 6) is 1.60. The molecule has 9 heteroatoms. The fraction of sp³-hybridized carbons (Fsp3) is 0.556. The van der Waals surface area contributed by atoms with Crippen molar-refractivity contribution in [2.24, 2.45) is 5.92 Å². The molecule has 240 valence electrons. The number of anilines is 2. The number of fused-ring (bicyclic) bond motifs is 9. The van der Waals surface area contributed by atoms with Crippen LogP contribution in [0.25, 0.3) is 22.0 Å². The van der Waals surface area contributed by atoms with E-state index in [1.54, 1.807) is 6.07 Å². The van der Waals surface area contributed by atoms with Gasteiger partial charge in [-0.1, -0.05) is 24.2 Å². The van der Waals surface area contributed by atoms with Crippen molar-refractivity contribution in [3.63, 3.8) is 0 Å². The van der Waals surface area contributed by atoms with Crippen molar-refractivity contribution in [2.45, 2.75) is 88.8 Å². The molecule has 45 heavy (non-hydrogen) atoms. The van der Waals surface area contributed by atoms with E-state index in [4.69, 9.17) is 27.3 Å². The van der Waals surface area contributed by atoms with Gasteiger partial charge < -0.3 is 16.0 Å². The number of allylic oxidation sites excluding steroid dienone is 1. The second kappa shape index (κ2) is 12.7. The highest BCUT2D eigenvalue weighted by Gasteiger charge is 2.48. The summed E-state index contributed by atoms with van der Waals surface area (Å²) >= 11 is 6.77. The van der Waals surface area contributed by atoms with E-state index in [0.717, 1.165) is 106 Å². The Morgan fingerprint density at radius 1 is 1.04 bits per heavy atom. The van der Waals surface area contributed by atoms with Gasteiger partial charge in [0.2, 0.25) is 0 Å². The van der Waals surface area contributed by atoms with Crippen molar-refractivity contribution in [3.8, 4) is 11.1 Å². The lowest BCUT2D eigenvalue weighted by atomic mass is 9.88. The molecule has 5 aliphatic heterocycles. The van der Waals surface area contributed by atoms with E-state index in [-0.39, 0.29) is 11.4 Å². The van der Waals surface area contributed by atoms with Gasteiger partial charge in [-0.05, 0) is 112 Å². The minimum atomic E-state index is -0.782. The van der Waals surface area contributed by atoms with E-state index < -0.39 is 6.17 Å². The number of hydrogen-bond acceptors (Lipinski definition) is 6. The minimum absolute atomic E-state index is 0.135. The Balaban J connectivity index is 1.33. The number of aromatic nitrogens is 2. The summed E-state index contributed by atoms with van der Waals surface area (Å²) in [5.41, 5.74) is 10.1. The highest BCUT2D eigenvalue weighted by atomic mass is 35.5. The fourth-order valence-electron chi connectivity index (χ4n) is 8.53. The topological polar surface area (TPSA) is 70.3 Å². The van der Waals surface area contributed by atoms with Crippen LogP contribution in [-0.2, 0) is 12.8 Å². The van der Waals surface area contributed by atoms with Crippen LogP contribution in [0.4, 0.5) is 20.3 Å². The van der Waals surface area contributed by atoms with Crippen LogP contribution < -0.4 is 16.0 Å². The van der Waals surface area contributed by atoms with Crippen LogP contribution in [0.15, 0.2) is 36.5 Å². The van der Waals surface area contributed by atoms with Gasteiger partial charge in [0.1, 0.15) is 23.3 Å². The van der Waals surface area contributed by atoms with E-state index in [0.29, 0.717) is 59.3 Å². The molecule has 3 saturated heterocycles. The Bertz CT molecular complexity index is 1600. The van der Waals surface area contributed by atoms with Crippen LogP contribution in [0.1, 0.15) is 75.6 Å². The molecule has 6 heterocycles. The summed E-state index contributed by atoms with van der Waals surface area (Å²) in [5, 5.41) is 4.85. The largest absolute Gasteiger partial charge is 0.399 e. The van der Waals surface area contributed by atoms with Crippen molar-refractivity contribution in [3.05, 3.63) is 58.8 Å². The molecule has 2 aromatic carbocycles. The highest BCUT2D eigenvalue weighted by Crippen LogP contribution is 2.44. The smallest absolute Gasteiger partial charge is 0.157 e. The summed E-state index contributed by atoms with van der Waals surface area (Å²) < 4.78 is 31.5. The van der Waals surface area contributed by atoms with Crippen molar-refractivity contribution in [2.75, 3.05) is 43.4 Å². The summed E-state index contributed by atoms with van der Waals surface area (Å²) in [7, 11) is 0. The molecule has 3 atom stereocenters. The monoisotopic (exact) mass is 634 g/mol. The number of nitrogens with one attached hydrogen (secondary N) is 1. The Kier molecular flexibility index (Phi) is 8.64. The Labute approximate surface area is 270 Å². The lowest BCUT2D eigenvalue weighted by molar-refractivity contribution is 0.181. The molecule has 8 rings (SSSR count). The summed E-state index contributed by atoms with van der Waals surface area (Å²) in [6.45, 7) is 8.38. The molecule has 6 nitrogen and oxygen atoms in total. The number of nitrogens with two attached hydrogens (primary N) is 1. The number of piperidine rings is 1. The summed E-state index contributed by atoms with van der Waals surface area (Å²) in [6, 6.07) is 7.43. The SMILES string of the molecule is C=C1CCCCc2c(Cl)cc(N)cc2-c2ccc3c(nc(CC[C@@]45CCCN4CC(F)C5)nc3c2F)N2CCCC(CCN1)C2. The maximum Gasteiger partial charge on any atom is 0.157 e. The maximum atomic E-state index is 16.9. The summed E-state index contributed by atoms with van der Waals surface area (Å²) in [4.78, 5) is 14.7. The quantitative estimate of drug-likeness (QED) is 0.289. The Morgan fingerprint density at radius 2 is 1.91 bits per heavy atom. The number of nitrogens with zero attached hydrogens (tertiary/aromatic N) is 4. The number of nitrogen functional groups attached to an aromatic ring is 1. The van der Waals surface area contributed by atoms with Crippen LogP contribution in [0.3, 0.4) is 0 Å². The lowest BCUT2D eigenvalue weighted by Crippen LogP contribution is -2.39. The molecule has 0 radical (unpaired) electrons. The van der Waals surface area contributed by atoms with Gasteiger partial charge in [-0.2, -0.15) is 0 Å². The molecule has 1 aromatic heterocycles. The lowest BCUT2D eigenvalue weighted by Gasteiger charge is -2.35. The van der Waals surface area contributed by atoms with E-state index in [1.165, 1.54) is 6.42 Å². The minimum Gasteiger partial charge on any atom is -0.399 e. The van der Waals surface area contributed by atoms with Gasteiger partial charge in [-0.15, -0.1) is 0 Å². The van der Waals surface area contributed by atoms with Crippen LogP contribution in [0.2, 0.25) is 5.02 Å². The van der Waals surface area contributed by atoms with Crippen molar-refractivity contribution < 1.29 is 8.78 Å². The third-order valence-electron chi connectivity index (χ3n) is 10.8. The maximum absolute atomic E-state index is 16.9. The molecule has 5 aliphatic rings. The van der Waals surface area contributed by atoms with Crippen LogP contribution in [-0.4, -0.2) is 59.3 Å². The van der Waals surface area contributed by atoms with Crippen molar-refractivity contribution in [1.29, 1.82) is 0 Å². The van der Waals surface area contributed by atoms with Gasteiger partial charge in [0.15, 0.2) is 5.82 Å². The second-order valence-electron chi connectivity index (χ2n) is 13.9. The predicted octanol–water partition coefficient (Wildman–Crippen LogP) is 7.62. The Hall–Kier alpha value is -2.97. The molecule has 0 amide bonds. The zero-order valence-electron chi connectivity index (χ0n) is 26.2. The van der Waals surface area contributed by atoms with Gasteiger partial charge >= 0.3 is 0 Å². The number of halogens is 3. The zero-order chi connectivity index (χ0) is 31.1. The first-order valence-electron chi connectivity index (χ1n) is 16.9. The second-order valence-corrected chi connectivity index (χ2v) is 14.3. The molecule has 3 N–H and O–H groups in total. The first-order chi connectivity index (χ1) is 21.8. The van der Waals surface area contributed by atoms with Crippen LogP contribution >= 0.6 is 11.6 Å². The first-order valence-corrected chi connectivity index (χ1v) is 17.3. The normalized spacial score (nSPS) is 26.1. The van der Waals surface area contributed by atoms with Gasteiger partial charge in [-0.25, -0.2) is 18.7 Å². The first kappa shape index (κ1) is 30.7. The molecule has 3 fully saturated rings. The van der Waals surface area contributed by atoms with Gasteiger partial charge in [0.05, 0.1) is 0 Å². The predicted molar refractivity (Wildman–Crippen MR) is 180 cm³/mol. The van der Waals surface area contributed by atoms with E-state index in [2.05, 4.69) is 21.7 Å². The molecular weight excluding hydrogens is 590 g/mol. The Morgan fingerprint density at radius 3 is 2.80 bits per heavy atom. The van der Waals surface area contributed by atoms with Gasteiger partial charge in [-0.3, -0.25) is 4.90 Å². The van der Waals surface area contributed by atoms with E-state index >= 15 is 4.39 Å². The zero-order valence-corrected chi connectivity index (χ0v) is 26.9. The third kappa shape index (κ3) is 6.12.